The van der Waals surface area contributed by atoms with E-state index < -0.39 is 18.1 Å². The van der Waals surface area contributed by atoms with Crippen LogP contribution in [0.15, 0.2) is 11.6 Å². The maximum Gasteiger partial charge on any atom is 0.414 e. The fraction of sp³-hybridized carbons (Fsp3) is 0.765. The van der Waals surface area contributed by atoms with Crippen LogP contribution in [0.2, 0.25) is 0 Å². The van der Waals surface area contributed by atoms with E-state index in [0.29, 0.717) is 26.2 Å². The van der Waals surface area contributed by atoms with Crippen LogP contribution in [0.4, 0.5) is 4.79 Å². The Morgan fingerprint density at radius 1 is 1.40 bits per heavy atom. The quantitative estimate of drug-likeness (QED) is 0.317. The lowest BCUT2D eigenvalue weighted by Crippen LogP contribution is -2.52. The highest BCUT2D eigenvalue weighted by atomic mass is 35.5. The van der Waals surface area contributed by atoms with E-state index in [-0.39, 0.29) is 23.5 Å². The van der Waals surface area contributed by atoms with Crippen molar-refractivity contribution in [3.63, 3.8) is 0 Å². The number of alkyl halides is 1. The van der Waals surface area contributed by atoms with Crippen molar-refractivity contribution >= 4 is 23.6 Å². The molecule has 1 saturated carbocycles. The molecule has 1 saturated heterocycles. The molecule has 1 spiro atoms. The first-order chi connectivity index (χ1) is 11.9. The van der Waals surface area contributed by atoms with E-state index in [0.717, 1.165) is 6.42 Å². The average molecular weight is 376 g/mol. The average Bonchev–Trinajstić information content (AvgIpc) is 3.34. The number of ether oxygens (including phenoxy) is 4. The van der Waals surface area contributed by atoms with Gasteiger partial charge in [0.1, 0.15) is 18.1 Å². The maximum absolute atomic E-state index is 11.8. The van der Waals surface area contributed by atoms with Gasteiger partial charge in [0.25, 0.3) is 0 Å². The van der Waals surface area contributed by atoms with Crippen molar-refractivity contribution in [2.75, 3.05) is 32.8 Å². The predicted molar refractivity (Wildman–Crippen MR) is 91.6 cm³/mol. The molecule has 142 valence electrons. The zero-order valence-corrected chi connectivity index (χ0v) is 15.6. The van der Waals surface area contributed by atoms with Gasteiger partial charge in [-0.25, -0.2) is 4.79 Å². The van der Waals surface area contributed by atoms with Gasteiger partial charge in [0, 0.05) is 13.0 Å². The number of rotatable bonds is 7. The molecule has 0 aromatic heterocycles. The van der Waals surface area contributed by atoms with Crippen molar-refractivity contribution in [2.24, 2.45) is 5.92 Å². The molecule has 8 heteroatoms. The molecule has 0 aromatic carbocycles. The van der Waals surface area contributed by atoms with E-state index in [9.17, 15) is 9.59 Å². The van der Waals surface area contributed by atoms with Gasteiger partial charge < -0.3 is 18.9 Å². The highest BCUT2D eigenvalue weighted by Crippen LogP contribution is 2.47. The lowest BCUT2D eigenvalue weighted by molar-refractivity contribution is -0.123. The van der Waals surface area contributed by atoms with Gasteiger partial charge in [-0.05, 0) is 26.7 Å². The number of nitrogens with one attached hydrogen (secondary N) is 1. The number of epoxide rings is 1. The molecule has 1 heterocycles. The van der Waals surface area contributed by atoms with Gasteiger partial charge in [0.2, 0.25) is 5.91 Å². The molecule has 1 aliphatic heterocycles. The minimum absolute atomic E-state index is 0.0432. The van der Waals surface area contributed by atoms with Gasteiger partial charge in [-0.2, -0.15) is 0 Å². The molecule has 1 N–H and O–H groups in total. The third-order valence-electron chi connectivity index (χ3n) is 4.61. The van der Waals surface area contributed by atoms with Crippen LogP contribution >= 0.6 is 11.6 Å². The van der Waals surface area contributed by atoms with Crippen molar-refractivity contribution in [1.82, 2.24) is 5.32 Å². The van der Waals surface area contributed by atoms with Crippen LogP contribution in [0.3, 0.4) is 0 Å². The molecule has 2 amide bonds. The van der Waals surface area contributed by atoms with E-state index in [1.54, 1.807) is 7.11 Å². The number of alkyl carbamates (subject to hydrolysis) is 1. The second-order valence-corrected chi connectivity index (χ2v) is 6.91. The fourth-order valence-electron chi connectivity index (χ4n) is 3.17. The van der Waals surface area contributed by atoms with Crippen LogP contribution in [0.5, 0.6) is 0 Å². The summed E-state index contributed by atoms with van der Waals surface area (Å²) in [6.07, 6.45) is 1.72. The summed E-state index contributed by atoms with van der Waals surface area (Å²) in [4.78, 5) is 23.0. The Morgan fingerprint density at radius 2 is 2.12 bits per heavy atom. The molecule has 0 radical (unpaired) electrons. The molecule has 7 nitrogen and oxygen atoms in total. The summed E-state index contributed by atoms with van der Waals surface area (Å²) in [5.74, 6) is -0.941. The van der Waals surface area contributed by atoms with Crippen LogP contribution in [0, 0.1) is 5.92 Å². The van der Waals surface area contributed by atoms with Crippen LogP contribution in [-0.4, -0.2) is 62.6 Å². The summed E-state index contributed by atoms with van der Waals surface area (Å²) >= 11 is 5.37. The van der Waals surface area contributed by atoms with Crippen LogP contribution in [-0.2, 0) is 23.7 Å². The minimum Gasteiger partial charge on any atom is -0.443 e. The molecule has 0 unspecified atom stereocenters. The number of hydrogen-bond acceptors (Lipinski definition) is 6. The smallest absolute Gasteiger partial charge is 0.414 e. The first-order valence-electron chi connectivity index (χ1n) is 8.36. The Bertz CT molecular complexity index is 515. The monoisotopic (exact) mass is 375 g/mol. The number of allylic oxidation sites excluding steroid dienone is 1. The van der Waals surface area contributed by atoms with Gasteiger partial charge in [-0.15, -0.1) is 11.6 Å². The Morgan fingerprint density at radius 3 is 2.68 bits per heavy atom. The van der Waals surface area contributed by atoms with Gasteiger partial charge in [0.15, 0.2) is 0 Å². The van der Waals surface area contributed by atoms with E-state index >= 15 is 0 Å². The number of hydrogen-bond donors (Lipinski definition) is 1. The summed E-state index contributed by atoms with van der Waals surface area (Å²) in [5, 5.41) is 2.08. The molecule has 2 fully saturated rings. The van der Waals surface area contributed by atoms with Gasteiger partial charge >= 0.3 is 6.09 Å². The van der Waals surface area contributed by atoms with Crippen molar-refractivity contribution in [3.05, 3.63) is 11.6 Å². The standard InChI is InChI=1S/C17H26ClNO6/c1-11(2)5-7-23-9-12-15(22-3)13(4-6-17(12)10-24-17)25-16(21)19-14(20)8-18/h5,12-13,15H,4,6-10H2,1-3H3,(H,19,20,21)/t12-,13+,15-,17-/m0/s1. The molecular formula is C17H26ClNO6. The zero-order valence-electron chi connectivity index (χ0n) is 14.9. The van der Waals surface area contributed by atoms with Gasteiger partial charge in [-0.1, -0.05) is 11.6 Å². The number of methoxy groups -OCH3 is 1. The molecular weight excluding hydrogens is 350 g/mol. The number of imide groups is 1. The molecule has 4 atom stereocenters. The van der Waals surface area contributed by atoms with Crippen LogP contribution in [0.1, 0.15) is 26.7 Å². The van der Waals surface area contributed by atoms with Gasteiger partial charge in [0.05, 0.1) is 25.4 Å². The Kier molecular flexibility index (Phi) is 7.25. The predicted octanol–water partition coefficient (Wildman–Crippen LogP) is 2.02. The van der Waals surface area contributed by atoms with E-state index in [1.807, 2.05) is 19.9 Å². The van der Waals surface area contributed by atoms with E-state index in [1.165, 1.54) is 5.57 Å². The summed E-state index contributed by atoms with van der Waals surface area (Å²) < 4.78 is 22.5. The largest absolute Gasteiger partial charge is 0.443 e. The van der Waals surface area contributed by atoms with Crippen LogP contribution in [0.25, 0.3) is 0 Å². The molecule has 1 aliphatic carbocycles. The number of halogens is 1. The van der Waals surface area contributed by atoms with Gasteiger partial charge in [-0.3, -0.25) is 10.1 Å². The van der Waals surface area contributed by atoms with E-state index in [4.69, 9.17) is 30.5 Å². The van der Waals surface area contributed by atoms with Crippen molar-refractivity contribution in [3.8, 4) is 0 Å². The molecule has 2 aliphatic rings. The third-order valence-corrected chi connectivity index (χ3v) is 4.85. The highest BCUT2D eigenvalue weighted by Gasteiger charge is 2.59. The molecule has 0 bridgehead atoms. The molecule has 0 aromatic rings. The first kappa shape index (κ1) is 20.2. The SMILES string of the molecule is CO[C@@H]1[C@H](OC(=O)NC(=O)CCl)CC[C@]2(CO2)[C@H]1COCC=C(C)C. The summed E-state index contributed by atoms with van der Waals surface area (Å²) in [6.45, 7) is 5.65. The normalized spacial score (nSPS) is 30.6. The Hall–Kier alpha value is -1.15. The lowest BCUT2D eigenvalue weighted by Gasteiger charge is -2.40. The number of carbonyl (C=O) groups is 2. The highest BCUT2D eigenvalue weighted by molar-refractivity contribution is 6.28. The zero-order chi connectivity index (χ0) is 18.4. The number of carbonyl (C=O) groups excluding carboxylic acids is 2. The second kappa shape index (κ2) is 8.98. The van der Waals surface area contributed by atoms with Crippen LogP contribution < -0.4 is 5.32 Å². The van der Waals surface area contributed by atoms with Crippen molar-refractivity contribution in [2.45, 2.75) is 44.5 Å². The van der Waals surface area contributed by atoms with E-state index in [2.05, 4.69) is 5.32 Å². The Balaban J connectivity index is 1.97. The molecule has 2 rings (SSSR count). The summed E-state index contributed by atoms with van der Waals surface area (Å²) in [7, 11) is 1.58. The topological polar surface area (TPSA) is 86.4 Å². The van der Waals surface area contributed by atoms with Crippen molar-refractivity contribution in [1.29, 1.82) is 0 Å². The lowest BCUT2D eigenvalue weighted by atomic mass is 9.76. The summed E-state index contributed by atoms with van der Waals surface area (Å²) in [6, 6.07) is 0. The first-order valence-corrected chi connectivity index (χ1v) is 8.89. The number of amides is 2. The summed E-state index contributed by atoms with van der Waals surface area (Å²) in [5.41, 5.74) is 0.930. The Labute approximate surface area is 153 Å². The minimum atomic E-state index is -0.811. The molecule has 25 heavy (non-hydrogen) atoms. The maximum atomic E-state index is 11.8. The fourth-order valence-corrected chi connectivity index (χ4v) is 3.24. The third kappa shape index (κ3) is 5.41. The van der Waals surface area contributed by atoms with Crippen molar-refractivity contribution < 1.29 is 28.5 Å². The second-order valence-electron chi connectivity index (χ2n) is 6.64.